The highest BCUT2D eigenvalue weighted by molar-refractivity contribution is 5.94. The normalized spacial score (nSPS) is 22.4. The molecule has 2 heterocycles. The molecule has 1 N–H and O–H groups in total. The topological polar surface area (TPSA) is 65.5 Å². The summed E-state index contributed by atoms with van der Waals surface area (Å²) in [5.41, 5.74) is 1.86. The zero-order valence-corrected chi connectivity index (χ0v) is 17.8. The number of hydrogen-bond donors (Lipinski definition) is 1. The third kappa shape index (κ3) is 7.04. The number of carbonyl (C=O) groups excluding carboxylic acids is 1. The first-order valence-corrected chi connectivity index (χ1v) is 10.7. The zero-order valence-electron chi connectivity index (χ0n) is 17.8. The van der Waals surface area contributed by atoms with Crippen molar-refractivity contribution >= 4 is 5.91 Å². The maximum absolute atomic E-state index is 13.2. The van der Waals surface area contributed by atoms with Crippen molar-refractivity contribution in [2.24, 2.45) is 0 Å². The van der Waals surface area contributed by atoms with Gasteiger partial charge in [0.25, 0.3) is 5.91 Å². The Bertz CT molecular complexity index is 631. The molecule has 3 rings (SSSR count). The van der Waals surface area contributed by atoms with E-state index in [-0.39, 0.29) is 18.1 Å². The van der Waals surface area contributed by atoms with Crippen molar-refractivity contribution in [2.45, 2.75) is 26.1 Å². The van der Waals surface area contributed by atoms with Gasteiger partial charge < -0.3 is 19.5 Å². The molecule has 2 fully saturated rings. The Morgan fingerprint density at radius 3 is 2.55 bits per heavy atom. The molecule has 2 saturated heterocycles. The smallest absolute Gasteiger partial charge is 0.253 e. The summed E-state index contributed by atoms with van der Waals surface area (Å²) >= 11 is 0. The highest BCUT2D eigenvalue weighted by Crippen LogP contribution is 2.12. The fourth-order valence-corrected chi connectivity index (χ4v) is 3.92. The molecule has 0 aliphatic carbocycles. The lowest BCUT2D eigenvalue weighted by atomic mass is 10.1. The predicted octanol–water partition coefficient (Wildman–Crippen LogP) is 0.851. The molecule has 29 heavy (non-hydrogen) atoms. The second-order valence-electron chi connectivity index (χ2n) is 8.17. The van der Waals surface area contributed by atoms with Crippen LogP contribution in [0.4, 0.5) is 0 Å². The minimum absolute atomic E-state index is 0.0402. The molecule has 0 radical (unpaired) electrons. The van der Waals surface area contributed by atoms with Crippen molar-refractivity contribution in [2.75, 3.05) is 72.2 Å². The number of carbonyl (C=O) groups is 1. The van der Waals surface area contributed by atoms with Crippen molar-refractivity contribution in [1.82, 2.24) is 14.7 Å². The van der Waals surface area contributed by atoms with Crippen LogP contribution >= 0.6 is 0 Å². The van der Waals surface area contributed by atoms with E-state index in [1.54, 1.807) is 6.92 Å². The highest BCUT2D eigenvalue weighted by Gasteiger charge is 2.26. The van der Waals surface area contributed by atoms with Gasteiger partial charge in [0.05, 0.1) is 32.0 Å². The number of aliphatic hydroxyl groups excluding tert-OH is 1. The minimum atomic E-state index is -0.361. The first kappa shape index (κ1) is 22.2. The number of aryl methyl sites for hydroxylation is 1. The molecule has 1 aromatic carbocycles. The van der Waals surface area contributed by atoms with Gasteiger partial charge in [-0.25, -0.2) is 0 Å². The van der Waals surface area contributed by atoms with Crippen LogP contribution in [-0.2, 0) is 9.47 Å². The van der Waals surface area contributed by atoms with Gasteiger partial charge in [-0.15, -0.1) is 0 Å². The van der Waals surface area contributed by atoms with Crippen molar-refractivity contribution in [3.05, 3.63) is 35.4 Å². The molecule has 0 spiro atoms. The van der Waals surface area contributed by atoms with Crippen molar-refractivity contribution < 1.29 is 19.4 Å². The number of β-amino-alcohol motifs (C(OH)–C–C–N with tert-alkyl or cyclic N) is 1. The number of hydrogen-bond acceptors (Lipinski definition) is 6. The van der Waals surface area contributed by atoms with E-state index < -0.39 is 0 Å². The average Bonchev–Trinajstić information content (AvgIpc) is 2.72. The second-order valence-corrected chi connectivity index (χ2v) is 8.17. The Labute approximate surface area is 174 Å². The lowest BCUT2D eigenvalue weighted by Crippen LogP contribution is -2.51. The summed E-state index contributed by atoms with van der Waals surface area (Å²) in [6.45, 7) is 12.1. The van der Waals surface area contributed by atoms with Crippen LogP contribution in [0, 0.1) is 6.92 Å². The van der Waals surface area contributed by atoms with E-state index in [0.717, 1.165) is 51.5 Å². The summed E-state index contributed by atoms with van der Waals surface area (Å²) < 4.78 is 11.4. The molecule has 7 heteroatoms. The molecule has 2 aliphatic heterocycles. The molecule has 1 amide bonds. The Balaban J connectivity index is 1.64. The fraction of sp³-hybridized carbons (Fsp3) is 0.682. The van der Waals surface area contributed by atoms with E-state index >= 15 is 0 Å². The number of nitrogens with zero attached hydrogens (tertiary/aromatic N) is 3. The number of morpholine rings is 2. The van der Waals surface area contributed by atoms with Gasteiger partial charge >= 0.3 is 0 Å². The molecular formula is C22H35N3O4. The van der Waals surface area contributed by atoms with E-state index in [2.05, 4.69) is 9.80 Å². The molecule has 162 valence electrons. The minimum Gasteiger partial charge on any atom is -0.392 e. The molecule has 0 bridgehead atoms. The van der Waals surface area contributed by atoms with E-state index in [0.29, 0.717) is 31.8 Å². The molecule has 7 nitrogen and oxygen atoms in total. The third-order valence-electron chi connectivity index (χ3n) is 5.54. The predicted molar refractivity (Wildman–Crippen MR) is 112 cm³/mol. The Morgan fingerprint density at radius 1 is 1.17 bits per heavy atom. The number of aliphatic hydroxyl groups is 1. The summed E-state index contributed by atoms with van der Waals surface area (Å²) in [4.78, 5) is 19.7. The lowest BCUT2D eigenvalue weighted by molar-refractivity contribution is -0.0501. The Hall–Kier alpha value is -1.51. The van der Waals surface area contributed by atoms with Crippen LogP contribution in [0.2, 0.25) is 0 Å². The molecule has 0 aromatic heterocycles. The van der Waals surface area contributed by atoms with E-state index in [4.69, 9.17) is 9.47 Å². The Kier molecular flexibility index (Phi) is 8.44. The van der Waals surface area contributed by atoms with Gasteiger partial charge in [0.1, 0.15) is 0 Å². The van der Waals surface area contributed by atoms with Crippen molar-refractivity contribution in [1.29, 1.82) is 0 Å². The first-order chi connectivity index (χ1) is 14.0. The van der Waals surface area contributed by atoms with Gasteiger partial charge in [-0.05, 0) is 26.0 Å². The quantitative estimate of drug-likeness (QED) is 0.692. The Morgan fingerprint density at radius 2 is 1.86 bits per heavy atom. The maximum atomic E-state index is 13.2. The number of benzene rings is 1. The van der Waals surface area contributed by atoms with Crippen LogP contribution in [0.25, 0.3) is 0 Å². The lowest BCUT2D eigenvalue weighted by Gasteiger charge is -2.37. The van der Waals surface area contributed by atoms with Crippen LogP contribution in [-0.4, -0.2) is 110 Å². The molecule has 1 aromatic rings. The van der Waals surface area contributed by atoms with Crippen molar-refractivity contribution in [3.8, 4) is 0 Å². The average molecular weight is 406 g/mol. The largest absolute Gasteiger partial charge is 0.392 e. The molecule has 2 atom stereocenters. The van der Waals surface area contributed by atoms with Crippen LogP contribution in [0.5, 0.6) is 0 Å². The van der Waals surface area contributed by atoms with Crippen LogP contribution in [0.1, 0.15) is 22.8 Å². The van der Waals surface area contributed by atoms with Crippen LogP contribution in [0.15, 0.2) is 24.3 Å². The molecule has 2 aliphatic rings. The summed E-state index contributed by atoms with van der Waals surface area (Å²) in [6, 6.07) is 7.77. The van der Waals surface area contributed by atoms with Gasteiger partial charge in [0, 0.05) is 57.9 Å². The summed E-state index contributed by atoms with van der Waals surface area (Å²) in [6.07, 6.45) is -0.401. The van der Waals surface area contributed by atoms with Gasteiger partial charge in [-0.3, -0.25) is 14.6 Å². The SMILES string of the molecule is Cc1ccc(C(=O)N(CCN2CCOCC2)C[C@H]2CN(C[C@H](C)O)CCO2)cc1. The van der Waals surface area contributed by atoms with Gasteiger partial charge in [-0.2, -0.15) is 0 Å². The standard InChI is InChI=1S/C22H35N3O4/c1-18-3-5-20(6-4-18)22(27)25(8-7-23-9-12-28-13-10-23)17-21-16-24(11-14-29-21)15-19(2)26/h3-6,19,21,26H,7-17H2,1-2H3/t19-,21+/m0/s1. The number of ether oxygens (including phenoxy) is 2. The number of rotatable bonds is 8. The summed E-state index contributed by atoms with van der Waals surface area (Å²) in [5, 5.41) is 9.70. The van der Waals surface area contributed by atoms with Gasteiger partial charge in [-0.1, -0.05) is 17.7 Å². The highest BCUT2D eigenvalue weighted by atomic mass is 16.5. The summed E-state index contributed by atoms with van der Waals surface area (Å²) in [7, 11) is 0. The first-order valence-electron chi connectivity index (χ1n) is 10.7. The third-order valence-corrected chi connectivity index (χ3v) is 5.54. The van der Waals surface area contributed by atoms with E-state index in [1.807, 2.05) is 36.1 Å². The monoisotopic (exact) mass is 405 g/mol. The van der Waals surface area contributed by atoms with Gasteiger partial charge in [0.15, 0.2) is 0 Å². The van der Waals surface area contributed by atoms with Gasteiger partial charge in [0.2, 0.25) is 0 Å². The van der Waals surface area contributed by atoms with E-state index in [1.165, 1.54) is 0 Å². The zero-order chi connectivity index (χ0) is 20.6. The maximum Gasteiger partial charge on any atom is 0.253 e. The fourth-order valence-electron chi connectivity index (χ4n) is 3.92. The molecular weight excluding hydrogens is 370 g/mol. The number of amides is 1. The van der Waals surface area contributed by atoms with Crippen LogP contribution < -0.4 is 0 Å². The van der Waals surface area contributed by atoms with Crippen molar-refractivity contribution in [3.63, 3.8) is 0 Å². The molecule has 0 unspecified atom stereocenters. The second kappa shape index (κ2) is 11.0. The van der Waals surface area contributed by atoms with Crippen LogP contribution in [0.3, 0.4) is 0 Å². The molecule has 0 saturated carbocycles. The van der Waals surface area contributed by atoms with E-state index in [9.17, 15) is 9.90 Å². The summed E-state index contributed by atoms with van der Waals surface area (Å²) in [5.74, 6) is 0.0505.